The summed E-state index contributed by atoms with van der Waals surface area (Å²) in [5.41, 5.74) is 5.75. The number of rotatable bonds is 7. The summed E-state index contributed by atoms with van der Waals surface area (Å²) in [7, 11) is -1.95. The molecule has 1 aromatic rings. The Balaban J connectivity index is 2.15. The summed E-state index contributed by atoms with van der Waals surface area (Å²) in [5, 5.41) is 2.74. The topological polar surface area (TPSA) is 92.5 Å². The summed E-state index contributed by atoms with van der Waals surface area (Å²) in [4.78, 5) is 12.3. The third-order valence-corrected chi connectivity index (χ3v) is 6.43. The average Bonchev–Trinajstić information content (AvgIpc) is 2.62. The Morgan fingerprint density at radius 2 is 2.00 bits per heavy atom. The maximum atomic E-state index is 12.8. The van der Waals surface area contributed by atoms with Crippen LogP contribution in [0, 0.1) is 0 Å². The number of hydrogen-bond acceptors (Lipinski definition) is 4. The molecule has 0 bridgehead atoms. The molecule has 0 radical (unpaired) electrons. The monoisotopic (exact) mass is 353 g/mol. The average molecular weight is 353 g/mol. The van der Waals surface area contributed by atoms with Gasteiger partial charge in [0.05, 0.1) is 4.90 Å². The number of nitrogens with two attached hydrogens (primary N) is 1. The molecule has 0 heterocycles. The highest BCUT2D eigenvalue weighted by Gasteiger charge is 2.29. The minimum atomic E-state index is -3.59. The number of carbonyl (C=O) groups excluding carboxylic acids is 1. The van der Waals surface area contributed by atoms with Crippen molar-refractivity contribution in [2.75, 3.05) is 20.1 Å². The highest BCUT2D eigenvalue weighted by molar-refractivity contribution is 7.89. The van der Waals surface area contributed by atoms with Crippen LogP contribution in [0.15, 0.2) is 29.2 Å². The zero-order valence-corrected chi connectivity index (χ0v) is 15.0. The number of benzene rings is 1. The zero-order chi connectivity index (χ0) is 17.6. The molecule has 3 N–H and O–H groups in total. The van der Waals surface area contributed by atoms with Crippen LogP contribution in [0.2, 0.25) is 0 Å². The third-order valence-electron chi connectivity index (χ3n) is 4.53. The Morgan fingerprint density at radius 1 is 1.29 bits per heavy atom. The van der Waals surface area contributed by atoms with E-state index < -0.39 is 10.0 Å². The van der Waals surface area contributed by atoms with Gasteiger partial charge in [0.15, 0.2) is 0 Å². The molecule has 1 aromatic carbocycles. The maximum absolute atomic E-state index is 12.8. The molecular weight excluding hydrogens is 326 g/mol. The van der Waals surface area contributed by atoms with Gasteiger partial charge in [-0.2, -0.15) is 4.31 Å². The van der Waals surface area contributed by atoms with Crippen LogP contribution in [0.4, 0.5) is 0 Å². The van der Waals surface area contributed by atoms with Crippen molar-refractivity contribution in [2.24, 2.45) is 5.73 Å². The zero-order valence-electron chi connectivity index (χ0n) is 14.2. The molecule has 0 aliphatic heterocycles. The van der Waals surface area contributed by atoms with Crippen LogP contribution in [0.1, 0.15) is 48.9 Å². The molecule has 24 heavy (non-hydrogen) atoms. The fourth-order valence-electron chi connectivity index (χ4n) is 3.01. The molecule has 0 aromatic heterocycles. The van der Waals surface area contributed by atoms with Gasteiger partial charge in [0.2, 0.25) is 10.0 Å². The molecule has 1 saturated carbocycles. The molecule has 1 aliphatic carbocycles. The molecule has 134 valence electrons. The van der Waals surface area contributed by atoms with Crippen LogP contribution in [0.3, 0.4) is 0 Å². The van der Waals surface area contributed by atoms with Crippen LogP contribution in [0.25, 0.3) is 0 Å². The summed E-state index contributed by atoms with van der Waals surface area (Å²) < 4.78 is 27.2. The second-order valence-electron chi connectivity index (χ2n) is 6.24. The van der Waals surface area contributed by atoms with Crippen molar-refractivity contribution in [2.45, 2.75) is 49.5 Å². The molecule has 0 saturated heterocycles. The van der Waals surface area contributed by atoms with Crippen LogP contribution in [0.5, 0.6) is 0 Å². The normalized spacial score (nSPS) is 16.3. The first-order valence-electron chi connectivity index (χ1n) is 8.53. The number of amides is 1. The molecular formula is C17H27N3O3S. The Bertz CT molecular complexity index is 655. The van der Waals surface area contributed by atoms with Gasteiger partial charge in [0.1, 0.15) is 0 Å². The molecule has 0 unspecified atom stereocenters. The van der Waals surface area contributed by atoms with E-state index in [9.17, 15) is 13.2 Å². The second-order valence-corrected chi connectivity index (χ2v) is 8.24. The maximum Gasteiger partial charge on any atom is 0.251 e. The van der Waals surface area contributed by atoms with Crippen molar-refractivity contribution in [1.82, 2.24) is 9.62 Å². The third kappa shape index (κ3) is 4.55. The Hall–Kier alpha value is -1.44. The van der Waals surface area contributed by atoms with Gasteiger partial charge < -0.3 is 11.1 Å². The van der Waals surface area contributed by atoms with Gasteiger partial charge in [-0.05, 0) is 44.0 Å². The first kappa shape index (κ1) is 18.9. The highest BCUT2D eigenvalue weighted by Crippen LogP contribution is 2.26. The van der Waals surface area contributed by atoms with Crippen LogP contribution in [-0.4, -0.2) is 44.8 Å². The van der Waals surface area contributed by atoms with Crippen LogP contribution < -0.4 is 11.1 Å². The van der Waals surface area contributed by atoms with Crippen molar-refractivity contribution in [3.63, 3.8) is 0 Å². The standard InChI is InChI=1S/C17H27N3O3S/c1-20(15-8-3-2-4-9-15)24(22,23)16-10-5-7-14(13-16)17(21)19-12-6-11-18/h5,7,10,13,15H,2-4,6,8-9,11-12,18H2,1H3,(H,19,21). The van der Waals surface area contributed by atoms with E-state index in [0.29, 0.717) is 25.1 Å². The first-order valence-corrected chi connectivity index (χ1v) is 9.97. The van der Waals surface area contributed by atoms with Gasteiger partial charge >= 0.3 is 0 Å². The van der Waals surface area contributed by atoms with Gasteiger partial charge in [-0.3, -0.25) is 4.79 Å². The Labute approximate surface area is 144 Å². The minimum absolute atomic E-state index is 0.0470. The Kier molecular flexibility index (Phi) is 6.77. The van der Waals surface area contributed by atoms with E-state index in [4.69, 9.17) is 5.73 Å². The lowest BCUT2D eigenvalue weighted by Crippen LogP contribution is -2.38. The van der Waals surface area contributed by atoms with Crippen molar-refractivity contribution in [3.05, 3.63) is 29.8 Å². The fourth-order valence-corrected chi connectivity index (χ4v) is 4.47. The molecule has 7 heteroatoms. The van der Waals surface area contributed by atoms with E-state index in [1.54, 1.807) is 25.2 Å². The molecule has 2 rings (SSSR count). The lowest BCUT2D eigenvalue weighted by Gasteiger charge is -2.30. The molecule has 6 nitrogen and oxygen atoms in total. The first-order chi connectivity index (χ1) is 11.5. The summed E-state index contributed by atoms with van der Waals surface area (Å²) in [6.45, 7) is 0.981. The van der Waals surface area contributed by atoms with Gasteiger partial charge in [0, 0.05) is 25.2 Å². The fraction of sp³-hybridized carbons (Fsp3) is 0.588. The predicted octanol–water partition coefficient (Wildman–Crippen LogP) is 1.72. The van der Waals surface area contributed by atoms with Crippen molar-refractivity contribution >= 4 is 15.9 Å². The van der Waals surface area contributed by atoms with Crippen molar-refractivity contribution in [1.29, 1.82) is 0 Å². The summed E-state index contributed by atoms with van der Waals surface area (Å²) >= 11 is 0. The van der Waals surface area contributed by atoms with E-state index in [-0.39, 0.29) is 16.8 Å². The number of hydrogen-bond donors (Lipinski definition) is 2. The number of carbonyl (C=O) groups is 1. The van der Waals surface area contributed by atoms with E-state index in [1.165, 1.54) is 16.8 Å². The van der Waals surface area contributed by atoms with Gasteiger partial charge in [-0.15, -0.1) is 0 Å². The number of nitrogens with zero attached hydrogens (tertiary/aromatic N) is 1. The van der Waals surface area contributed by atoms with Crippen molar-refractivity contribution < 1.29 is 13.2 Å². The van der Waals surface area contributed by atoms with E-state index >= 15 is 0 Å². The lowest BCUT2D eigenvalue weighted by molar-refractivity contribution is 0.0953. The Morgan fingerprint density at radius 3 is 2.67 bits per heavy atom. The van der Waals surface area contributed by atoms with Crippen molar-refractivity contribution in [3.8, 4) is 0 Å². The molecule has 1 fully saturated rings. The van der Waals surface area contributed by atoms with E-state index in [2.05, 4.69) is 5.32 Å². The minimum Gasteiger partial charge on any atom is -0.352 e. The molecule has 1 amide bonds. The summed E-state index contributed by atoms with van der Waals surface area (Å²) in [6.07, 6.45) is 5.78. The highest BCUT2D eigenvalue weighted by atomic mass is 32.2. The molecule has 0 spiro atoms. The van der Waals surface area contributed by atoms with E-state index in [1.807, 2.05) is 0 Å². The van der Waals surface area contributed by atoms with Gasteiger partial charge in [-0.25, -0.2) is 8.42 Å². The summed E-state index contributed by atoms with van der Waals surface area (Å²) in [6, 6.07) is 6.28. The lowest BCUT2D eigenvalue weighted by atomic mass is 9.96. The predicted molar refractivity (Wildman–Crippen MR) is 94.3 cm³/mol. The number of nitrogens with one attached hydrogen (secondary N) is 1. The second kappa shape index (κ2) is 8.60. The van der Waals surface area contributed by atoms with E-state index in [0.717, 1.165) is 25.7 Å². The quantitative estimate of drug-likeness (QED) is 0.730. The molecule has 1 aliphatic rings. The summed E-state index contributed by atoms with van der Waals surface area (Å²) in [5.74, 6) is -0.277. The molecule has 0 atom stereocenters. The van der Waals surface area contributed by atoms with Gasteiger partial charge in [0.25, 0.3) is 5.91 Å². The van der Waals surface area contributed by atoms with Gasteiger partial charge in [-0.1, -0.05) is 25.3 Å². The smallest absolute Gasteiger partial charge is 0.251 e. The largest absolute Gasteiger partial charge is 0.352 e. The van der Waals surface area contributed by atoms with Crippen LogP contribution >= 0.6 is 0 Å². The SMILES string of the molecule is CN(C1CCCCC1)S(=O)(=O)c1cccc(C(=O)NCCCN)c1. The van der Waals surface area contributed by atoms with Crippen LogP contribution in [-0.2, 0) is 10.0 Å². The number of sulfonamides is 1.